The standard InChI is InChI=1S/C22H28N4O2/c1-16-5-3-4-6-20(16)7-22(27)26-12-19-11-25(13-21(26)15-28-14-19)10-18-8-23-17(2)24-9-18/h3-6,8-9,19,21H,7,10-15H2,1-2H3/t19-,21-/m0/s1. The summed E-state index contributed by atoms with van der Waals surface area (Å²) in [5.74, 6) is 1.33. The predicted octanol–water partition coefficient (Wildman–Crippen LogP) is 2.00. The molecule has 0 radical (unpaired) electrons. The minimum atomic E-state index is 0.0929. The van der Waals surface area contributed by atoms with Crippen molar-refractivity contribution in [2.45, 2.75) is 32.9 Å². The molecule has 2 atom stereocenters. The summed E-state index contributed by atoms with van der Waals surface area (Å²) in [5.41, 5.74) is 3.40. The average Bonchev–Trinajstić information content (AvgIpc) is 2.96. The van der Waals surface area contributed by atoms with Crippen LogP contribution in [0.3, 0.4) is 0 Å². The molecular formula is C22H28N4O2. The van der Waals surface area contributed by atoms with Crippen LogP contribution in [0.1, 0.15) is 22.5 Å². The first-order chi connectivity index (χ1) is 13.6. The van der Waals surface area contributed by atoms with Gasteiger partial charge in [-0.2, -0.15) is 0 Å². The smallest absolute Gasteiger partial charge is 0.227 e. The van der Waals surface area contributed by atoms with Crippen molar-refractivity contribution in [1.82, 2.24) is 19.8 Å². The molecule has 2 aliphatic heterocycles. The number of fused-ring (bicyclic) bond motifs is 3. The van der Waals surface area contributed by atoms with Gasteiger partial charge in [0.1, 0.15) is 5.82 Å². The van der Waals surface area contributed by atoms with E-state index in [0.717, 1.165) is 43.1 Å². The van der Waals surface area contributed by atoms with Crippen molar-refractivity contribution in [3.8, 4) is 0 Å². The lowest BCUT2D eigenvalue weighted by molar-refractivity contribution is -0.133. The van der Waals surface area contributed by atoms with Crippen LogP contribution >= 0.6 is 0 Å². The molecular weight excluding hydrogens is 352 g/mol. The molecule has 0 spiro atoms. The van der Waals surface area contributed by atoms with E-state index in [1.807, 2.05) is 31.5 Å². The minimum Gasteiger partial charge on any atom is -0.379 e. The van der Waals surface area contributed by atoms with E-state index in [1.165, 1.54) is 5.56 Å². The summed E-state index contributed by atoms with van der Waals surface area (Å²) in [5, 5.41) is 0. The van der Waals surface area contributed by atoms with Crippen LogP contribution in [-0.2, 0) is 22.5 Å². The summed E-state index contributed by atoms with van der Waals surface area (Å²) >= 11 is 0. The monoisotopic (exact) mass is 380 g/mol. The Balaban J connectivity index is 1.47. The summed E-state index contributed by atoms with van der Waals surface area (Å²) in [7, 11) is 0. The number of ether oxygens (including phenoxy) is 1. The van der Waals surface area contributed by atoms with Gasteiger partial charge in [-0.25, -0.2) is 9.97 Å². The van der Waals surface area contributed by atoms with E-state index < -0.39 is 0 Å². The summed E-state index contributed by atoms with van der Waals surface area (Å²) in [6.07, 6.45) is 4.27. The van der Waals surface area contributed by atoms with Crippen LogP contribution < -0.4 is 0 Å². The van der Waals surface area contributed by atoms with Crippen LogP contribution in [0.4, 0.5) is 0 Å². The van der Waals surface area contributed by atoms with E-state index in [1.54, 1.807) is 0 Å². The maximum atomic E-state index is 13.1. The van der Waals surface area contributed by atoms with E-state index in [-0.39, 0.29) is 11.9 Å². The fraction of sp³-hybridized carbons (Fsp3) is 0.500. The highest BCUT2D eigenvalue weighted by Crippen LogP contribution is 2.22. The first-order valence-electron chi connectivity index (χ1n) is 10.00. The summed E-state index contributed by atoms with van der Waals surface area (Å²) in [6.45, 7) is 8.63. The Morgan fingerprint density at radius 1 is 1.11 bits per heavy atom. The van der Waals surface area contributed by atoms with Gasteiger partial charge in [-0.05, 0) is 25.0 Å². The summed E-state index contributed by atoms with van der Waals surface area (Å²) < 4.78 is 5.88. The fourth-order valence-corrected chi connectivity index (χ4v) is 4.21. The second-order valence-corrected chi connectivity index (χ2v) is 8.04. The van der Waals surface area contributed by atoms with E-state index in [2.05, 4.69) is 38.8 Å². The number of aryl methyl sites for hydroxylation is 2. The molecule has 2 fully saturated rings. The third-order valence-corrected chi connectivity index (χ3v) is 5.71. The number of hydrogen-bond donors (Lipinski definition) is 0. The molecule has 0 unspecified atom stereocenters. The van der Waals surface area contributed by atoms with Gasteiger partial charge in [0, 0.05) is 50.1 Å². The molecule has 28 heavy (non-hydrogen) atoms. The largest absolute Gasteiger partial charge is 0.379 e. The Hall–Kier alpha value is -2.31. The number of hydrogen-bond acceptors (Lipinski definition) is 5. The number of aromatic nitrogens is 2. The first kappa shape index (κ1) is 19.0. The molecule has 2 aromatic rings. The van der Waals surface area contributed by atoms with Gasteiger partial charge in [0.2, 0.25) is 5.91 Å². The topological polar surface area (TPSA) is 58.6 Å². The van der Waals surface area contributed by atoms with Crippen molar-refractivity contribution in [3.05, 3.63) is 59.2 Å². The van der Waals surface area contributed by atoms with Gasteiger partial charge in [0.15, 0.2) is 0 Å². The minimum absolute atomic E-state index is 0.0929. The maximum absolute atomic E-state index is 13.1. The Kier molecular flexibility index (Phi) is 5.69. The fourth-order valence-electron chi connectivity index (χ4n) is 4.21. The molecule has 6 heteroatoms. The highest BCUT2D eigenvalue weighted by molar-refractivity contribution is 5.79. The van der Waals surface area contributed by atoms with Crippen LogP contribution in [0.5, 0.6) is 0 Å². The van der Waals surface area contributed by atoms with Crippen molar-refractivity contribution >= 4 is 5.91 Å². The second kappa shape index (κ2) is 8.37. The lowest BCUT2D eigenvalue weighted by atomic mass is 10.0. The second-order valence-electron chi connectivity index (χ2n) is 8.04. The van der Waals surface area contributed by atoms with Crippen molar-refractivity contribution in [1.29, 1.82) is 0 Å². The molecule has 1 amide bonds. The lowest BCUT2D eigenvalue weighted by Crippen LogP contribution is -2.47. The quantitative estimate of drug-likeness (QED) is 0.812. The highest BCUT2D eigenvalue weighted by atomic mass is 16.5. The van der Waals surface area contributed by atoms with Crippen LogP contribution in [-0.4, -0.2) is 64.6 Å². The molecule has 2 saturated heterocycles. The highest BCUT2D eigenvalue weighted by Gasteiger charge is 2.35. The number of amides is 1. The van der Waals surface area contributed by atoms with Gasteiger partial charge in [-0.1, -0.05) is 24.3 Å². The molecule has 3 heterocycles. The van der Waals surface area contributed by atoms with Gasteiger partial charge in [-0.15, -0.1) is 0 Å². The number of nitrogens with zero attached hydrogens (tertiary/aromatic N) is 4. The Morgan fingerprint density at radius 2 is 1.89 bits per heavy atom. The van der Waals surface area contributed by atoms with Crippen LogP contribution in [0.2, 0.25) is 0 Å². The SMILES string of the molecule is Cc1ncc(CN2C[C@@H]3COC[C@H](C2)N(C(=O)Cc2ccccc2C)C3)cn1. The summed E-state index contributed by atoms with van der Waals surface area (Å²) in [4.78, 5) is 26.3. The molecule has 6 nitrogen and oxygen atoms in total. The first-order valence-corrected chi connectivity index (χ1v) is 10.00. The third kappa shape index (κ3) is 4.39. The molecule has 1 aromatic heterocycles. The third-order valence-electron chi connectivity index (χ3n) is 5.71. The van der Waals surface area contributed by atoms with Gasteiger partial charge < -0.3 is 9.64 Å². The normalized spacial score (nSPS) is 22.7. The molecule has 0 N–H and O–H groups in total. The van der Waals surface area contributed by atoms with E-state index >= 15 is 0 Å². The molecule has 1 aromatic carbocycles. The van der Waals surface area contributed by atoms with E-state index in [9.17, 15) is 4.79 Å². The lowest BCUT2D eigenvalue weighted by Gasteiger charge is -2.31. The number of rotatable bonds is 4. The Labute approximate surface area is 166 Å². The average molecular weight is 380 g/mol. The van der Waals surface area contributed by atoms with Gasteiger partial charge in [0.25, 0.3) is 0 Å². The zero-order valence-corrected chi connectivity index (χ0v) is 16.7. The number of carbonyl (C=O) groups is 1. The van der Waals surface area contributed by atoms with Crippen LogP contribution in [0.15, 0.2) is 36.7 Å². The van der Waals surface area contributed by atoms with Gasteiger partial charge in [0.05, 0.1) is 25.7 Å². The molecule has 148 valence electrons. The predicted molar refractivity (Wildman–Crippen MR) is 107 cm³/mol. The Bertz CT molecular complexity index is 824. The Morgan fingerprint density at radius 3 is 2.68 bits per heavy atom. The molecule has 0 saturated carbocycles. The van der Waals surface area contributed by atoms with Crippen molar-refractivity contribution in [3.63, 3.8) is 0 Å². The molecule has 2 bridgehead atoms. The maximum Gasteiger partial charge on any atom is 0.227 e. The van der Waals surface area contributed by atoms with E-state index in [4.69, 9.17) is 4.74 Å². The van der Waals surface area contributed by atoms with Gasteiger partial charge in [-0.3, -0.25) is 9.69 Å². The van der Waals surface area contributed by atoms with E-state index in [0.29, 0.717) is 25.6 Å². The van der Waals surface area contributed by atoms with Crippen molar-refractivity contribution < 1.29 is 9.53 Å². The molecule has 0 aliphatic carbocycles. The zero-order valence-electron chi connectivity index (χ0n) is 16.7. The van der Waals surface area contributed by atoms with Crippen molar-refractivity contribution in [2.24, 2.45) is 5.92 Å². The molecule has 2 aliphatic rings. The summed E-state index contributed by atoms with van der Waals surface area (Å²) in [6, 6.07) is 8.23. The number of carbonyl (C=O) groups excluding carboxylic acids is 1. The van der Waals surface area contributed by atoms with Crippen molar-refractivity contribution in [2.75, 3.05) is 32.8 Å². The number of benzene rings is 1. The van der Waals surface area contributed by atoms with Crippen LogP contribution in [0.25, 0.3) is 0 Å². The zero-order chi connectivity index (χ0) is 19.5. The molecule has 4 rings (SSSR count). The van der Waals surface area contributed by atoms with Gasteiger partial charge >= 0.3 is 0 Å². The van der Waals surface area contributed by atoms with Crippen LogP contribution in [0, 0.1) is 19.8 Å².